The molecule has 4 rings (SSSR count). The molecule has 1 saturated carbocycles. The summed E-state index contributed by atoms with van der Waals surface area (Å²) < 4.78 is 19.5. The number of carbonyl (C=O) groups excluding carboxylic acids is 3. The number of aliphatic hydroxyl groups excluding tert-OH is 1. The minimum Gasteiger partial charge on any atom is -0.487 e. The van der Waals surface area contributed by atoms with Crippen molar-refractivity contribution in [2.75, 3.05) is 37.4 Å². The number of carbonyl (C=O) groups is 3. The van der Waals surface area contributed by atoms with E-state index in [-0.39, 0.29) is 36.1 Å². The Morgan fingerprint density at radius 2 is 1.76 bits per heavy atom. The van der Waals surface area contributed by atoms with Gasteiger partial charge in [0.1, 0.15) is 17.7 Å². The number of aliphatic hydroxyl groups is 1. The van der Waals surface area contributed by atoms with E-state index < -0.39 is 24.0 Å². The molecule has 11 heteroatoms. The van der Waals surface area contributed by atoms with Gasteiger partial charge in [0.05, 0.1) is 24.8 Å². The van der Waals surface area contributed by atoms with Crippen molar-refractivity contribution in [2.24, 2.45) is 5.92 Å². The molecule has 0 radical (unpaired) electrons. The second-order valence-corrected chi connectivity index (χ2v) is 11.1. The first-order valence-electron chi connectivity index (χ1n) is 14.2. The minimum absolute atomic E-state index is 0.148. The Morgan fingerprint density at radius 1 is 1.10 bits per heavy atom. The van der Waals surface area contributed by atoms with Gasteiger partial charge < -0.3 is 35.6 Å². The molecule has 1 fully saturated rings. The number of hydrogen-bond donors (Lipinski definition) is 4. The summed E-state index contributed by atoms with van der Waals surface area (Å²) in [6.45, 7) is 4.12. The number of nitrogens with zero attached hydrogens (tertiary/aromatic N) is 2. The number of benzene rings is 2. The SMILES string of the molecule is C[C@H](CO)N1C[C@H](C)[C@@H](CN(C)C(=O)NC2CCCCC2)Oc2ccc(NC(=O)Nc3ccc(F)cc3)cc2C1=O. The molecule has 222 valence electrons. The molecule has 0 unspecified atom stereocenters. The van der Waals surface area contributed by atoms with Gasteiger partial charge in [-0.2, -0.15) is 0 Å². The second kappa shape index (κ2) is 13.7. The molecule has 3 atom stereocenters. The quantitative estimate of drug-likeness (QED) is 0.386. The summed E-state index contributed by atoms with van der Waals surface area (Å²) in [6, 6.07) is 9.14. The molecule has 1 aliphatic carbocycles. The van der Waals surface area contributed by atoms with Crippen molar-refractivity contribution in [2.45, 2.75) is 64.1 Å². The Morgan fingerprint density at radius 3 is 2.44 bits per heavy atom. The van der Waals surface area contributed by atoms with Crippen LogP contribution in [-0.4, -0.2) is 77.8 Å². The normalized spacial score (nSPS) is 20.1. The Labute approximate surface area is 240 Å². The molecule has 2 aromatic rings. The summed E-state index contributed by atoms with van der Waals surface area (Å²) in [5.41, 5.74) is 0.994. The number of halogens is 1. The van der Waals surface area contributed by atoms with Gasteiger partial charge >= 0.3 is 12.1 Å². The number of ether oxygens (including phenoxy) is 1. The third-order valence-electron chi connectivity index (χ3n) is 7.76. The number of amides is 5. The van der Waals surface area contributed by atoms with Crippen LogP contribution in [0.5, 0.6) is 5.75 Å². The van der Waals surface area contributed by atoms with E-state index >= 15 is 0 Å². The lowest BCUT2D eigenvalue weighted by Crippen LogP contribution is -2.52. The molecule has 0 aromatic heterocycles. The lowest BCUT2D eigenvalue weighted by molar-refractivity contribution is 0.0366. The molecule has 0 spiro atoms. The monoisotopic (exact) mass is 569 g/mol. The van der Waals surface area contributed by atoms with E-state index in [0.717, 1.165) is 25.7 Å². The Balaban J connectivity index is 1.52. The van der Waals surface area contributed by atoms with E-state index in [2.05, 4.69) is 16.0 Å². The highest BCUT2D eigenvalue weighted by Crippen LogP contribution is 2.31. The fourth-order valence-corrected chi connectivity index (χ4v) is 5.23. The van der Waals surface area contributed by atoms with E-state index in [9.17, 15) is 23.9 Å². The molecule has 4 N–H and O–H groups in total. The van der Waals surface area contributed by atoms with Crippen molar-refractivity contribution in [3.8, 4) is 5.75 Å². The van der Waals surface area contributed by atoms with Gasteiger partial charge in [-0.15, -0.1) is 0 Å². The van der Waals surface area contributed by atoms with Crippen molar-refractivity contribution in [3.05, 3.63) is 53.8 Å². The van der Waals surface area contributed by atoms with Gasteiger partial charge in [0, 0.05) is 36.9 Å². The second-order valence-electron chi connectivity index (χ2n) is 11.1. The maximum Gasteiger partial charge on any atom is 0.323 e. The number of anilines is 2. The number of hydrogen-bond acceptors (Lipinski definition) is 5. The molecule has 1 heterocycles. The summed E-state index contributed by atoms with van der Waals surface area (Å²) in [4.78, 5) is 42.4. The van der Waals surface area contributed by atoms with E-state index in [1.54, 1.807) is 35.9 Å². The highest BCUT2D eigenvalue weighted by atomic mass is 19.1. The van der Waals surface area contributed by atoms with Gasteiger partial charge in [-0.05, 0) is 62.2 Å². The lowest BCUT2D eigenvalue weighted by atomic mass is 9.96. The number of fused-ring (bicyclic) bond motifs is 1. The Kier molecular flexibility index (Phi) is 10.0. The standard InChI is InChI=1S/C30H40FN5O5/c1-19-16-36(20(2)18-37)28(38)25-15-24(33-29(39)32-23-11-9-21(31)10-12-23)13-14-26(25)41-27(19)17-35(3)30(40)34-22-7-5-4-6-8-22/h9-15,19-20,22,27,37H,4-8,16-18H2,1-3H3,(H,34,40)(H2,32,33,39)/t19-,20+,27+/m0/s1. The van der Waals surface area contributed by atoms with Crippen LogP contribution in [0.1, 0.15) is 56.3 Å². The molecule has 0 bridgehead atoms. The van der Waals surface area contributed by atoms with Gasteiger partial charge in [0.15, 0.2) is 0 Å². The zero-order chi connectivity index (χ0) is 29.5. The van der Waals surface area contributed by atoms with E-state index in [1.165, 1.54) is 36.8 Å². The smallest absolute Gasteiger partial charge is 0.323 e. The van der Waals surface area contributed by atoms with Crippen LogP contribution < -0.4 is 20.7 Å². The van der Waals surface area contributed by atoms with Gasteiger partial charge in [-0.1, -0.05) is 26.2 Å². The van der Waals surface area contributed by atoms with E-state index in [4.69, 9.17) is 4.74 Å². The molecule has 2 aromatic carbocycles. The van der Waals surface area contributed by atoms with Gasteiger partial charge in [-0.25, -0.2) is 14.0 Å². The minimum atomic E-state index is -0.562. The number of urea groups is 2. The third kappa shape index (κ3) is 7.87. The van der Waals surface area contributed by atoms with Crippen LogP contribution in [0.25, 0.3) is 0 Å². The van der Waals surface area contributed by atoms with Crippen molar-refractivity contribution in [1.82, 2.24) is 15.1 Å². The van der Waals surface area contributed by atoms with Crippen LogP contribution in [0.3, 0.4) is 0 Å². The van der Waals surface area contributed by atoms with Crippen LogP contribution >= 0.6 is 0 Å². The molecule has 10 nitrogen and oxygen atoms in total. The van der Waals surface area contributed by atoms with Gasteiger partial charge in [0.2, 0.25) is 0 Å². The highest BCUT2D eigenvalue weighted by Gasteiger charge is 2.34. The molecule has 1 aliphatic heterocycles. The molecular weight excluding hydrogens is 529 g/mol. The van der Waals surface area contributed by atoms with Crippen LogP contribution in [-0.2, 0) is 0 Å². The maximum absolute atomic E-state index is 13.7. The molecule has 5 amide bonds. The summed E-state index contributed by atoms with van der Waals surface area (Å²) in [5.74, 6) is -0.572. The summed E-state index contributed by atoms with van der Waals surface area (Å²) in [6.07, 6.45) is 4.97. The van der Waals surface area contributed by atoms with Crippen LogP contribution in [0, 0.1) is 11.7 Å². The number of rotatable bonds is 7. The van der Waals surface area contributed by atoms with Crippen LogP contribution in [0.4, 0.5) is 25.4 Å². The van der Waals surface area contributed by atoms with Crippen molar-refractivity contribution in [3.63, 3.8) is 0 Å². The fourth-order valence-electron chi connectivity index (χ4n) is 5.23. The molecule has 0 saturated heterocycles. The maximum atomic E-state index is 13.7. The van der Waals surface area contributed by atoms with Crippen molar-refractivity contribution < 1.29 is 28.6 Å². The molecule has 41 heavy (non-hydrogen) atoms. The lowest BCUT2D eigenvalue weighted by Gasteiger charge is -2.38. The van der Waals surface area contributed by atoms with Crippen molar-refractivity contribution >= 4 is 29.3 Å². The zero-order valence-corrected chi connectivity index (χ0v) is 23.9. The summed E-state index contributed by atoms with van der Waals surface area (Å²) in [7, 11) is 1.74. The van der Waals surface area contributed by atoms with Crippen LogP contribution in [0.2, 0.25) is 0 Å². The average molecular weight is 570 g/mol. The van der Waals surface area contributed by atoms with Crippen LogP contribution in [0.15, 0.2) is 42.5 Å². The molecular formula is C30H40FN5O5. The first kappa shape index (κ1) is 30.1. The molecule has 2 aliphatic rings. The number of likely N-dealkylation sites (N-methyl/N-ethyl adjacent to an activating group) is 1. The Bertz CT molecular complexity index is 1220. The predicted octanol–water partition coefficient (Wildman–Crippen LogP) is 4.66. The van der Waals surface area contributed by atoms with Gasteiger partial charge in [-0.3, -0.25) is 4.79 Å². The van der Waals surface area contributed by atoms with E-state index in [0.29, 0.717) is 30.2 Å². The first-order valence-corrected chi connectivity index (χ1v) is 14.2. The third-order valence-corrected chi connectivity index (χ3v) is 7.76. The Hall–Kier alpha value is -3.86. The fraction of sp³-hybridized carbons (Fsp3) is 0.500. The zero-order valence-electron chi connectivity index (χ0n) is 23.9. The van der Waals surface area contributed by atoms with Gasteiger partial charge in [0.25, 0.3) is 5.91 Å². The van der Waals surface area contributed by atoms with E-state index in [1.807, 2.05) is 6.92 Å². The number of nitrogens with one attached hydrogen (secondary N) is 3. The average Bonchev–Trinajstić information content (AvgIpc) is 2.96. The highest BCUT2D eigenvalue weighted by molar-refractivity contribution is 6.02. The topological polar surface area (TPSA) is 123 Å². The summed E-state index contributed by atoms with van der Waals surface area (Å²) >= 11 is 0. The first-order chi connectivity index (χ1) is 19.6. The largest absolute Gasteiger partial charge is 0.487 e. The van der Waals surface area contributed by atoms with Crippen molar-refractivity contribution in [1.29, 1.82) is 0 Å². The predicted molar refractivity (Wildman–Crippen MR) is 155 cm³/mol. The summed E-state index contributed by atoms with van der Waals surface area (Å²) in [5, 5.41) is 18.3.